The first kappa shape index (κ1) is 49.6. The predicted octanol–water partition coefficient (Wildman–Crippen LogP) is 8.66. The smallest absolute Gasteiger partial charge is 0.407 e. The maximum absolute atomic E-state index is 13.8. The Balaban J connectivity index is 1.14. The van der Waals surface area contributed by atoms with Crippen LogP contribution in [0.1, 0.15) is 128 Å². The van der Waals surface area contributed by atoms with Gasteiger partial charge in [-0.05, 0) is 121 Å². The summed E-state index contributed by atoms with van der Waals surface area (Å²) in [5.41, 5.74) is 10.2. The quantitative estimate of drug-likeness (QED) is 0.131. The molecule has 3 heterocycles. The molecule has 3 aromatic rings. The molecular weight excluding hydrogens is 861 g/mol. The minimum absolute atomic E-state index is 0.116. The average molecular weight is 931 g/mol. The summed E-state index contributed by atoms with van der Waals surface area (Å²) in [4.78, 5) is 82.0. The summed E-state index contributed by atoms with van der Waals surface area (Å²) < 4.78 is 9.59. The molecule has 1 saturated carbocycles. The Morgan fingerprint density at radius 3 is 2.10 bits per heavy atom. The lowest BCUT2D eigenvalue weighted by Gasteiger charge is -2.33. The second kappa shape index (κ2) is 21.4. The van der Waals surface area contributed by atoms with Crippen molar-refractivity contribution < 1.29 is 33.4 Å². The van der Waals surface area contributed by atoms with Crippen LogP contribution in [-0.4, -0.2) is 101 Å². The number of H-pyrrole nitrogens is 1. The van der Waals surface area contributed by atoms with Crippen LogP contribution in [0.2, 0.25) is 0 Å². The minimum atomic E-state index is -0.815. The third-order valence-electron chi connectivity index (χ3n) is 14.5. The van der Waals surface area contributed by atoms with Crippen LogP contribution < -0.4 is 16.0 Å². The molecule has 15 heteroatoms. The van der Waals surface area contributed by atoms with E-state index in [0.717, 1.165) is 53.9 Å². The van der Waals surface area contributed by atoms with Crippen molar-refractivity contribution in [3.8, 4) is 22.4 Å². The Morgan fingerprint density at radius 1 is 0.853 bits per heavy atom. The Bertz CT molecular complexity index is 2460. The molecule has 4 aliphatic rings. The lowest BCUT2D eigenvalue weighted by molar-refractivity contribution is -0.135. The minimum Gasteiger partial charge on any atom is -0.453 e. The number of carbonyl (C=O) groups is 5. The maximum atomic E-state index is 13.8. The Hall–Kier alpha value is -6.25. The number of alkyl carbamates (subject to hydrolysis) is 2. The van der Waals surface area contributed by atoms with Crippen LogP contribution in [0.25, 0.3) is 28.0 Å². The molecule has 2 aliphatic heterocycles. The van der Waals surface area contributed by atoms with E-state index in [2.05, 4.69) is 63.4 Å². The largest absolute Gasteiger partial charge is 0.453 e. The van der Waals surface area contributed by atoms with E-state index in [9.17, 15) is 24.0 Å². The number of amides is 5. The first-order valence-electron chi connectivity index (χ1n) is 24.4. The number of likely N-dealkylation sites (N-methyl/N-ethyl adjacent to an activating group) is 1. The van der Waals surface area contributed by atoms with Gasteiger partial charge >= 0.3 is 12.2 Å². The highest BCUT2D eigenvalue weighted by Crippen LogP contribution is 2.52. The van der Waals surface area contributed by atoms with Crippen molar-refractivity contribution in [2.24, 2.45) is 22.2 Å². The van der Waals surface area contributed by atoms with Crippen LogP contribution in [0.3, 0.4) is 0 Å². The summed E-state index contributed by atoms with van der Waals surface area (Å²) in [5, 5.41) is 8.45. The van der Waals surface area contributed by atoms with E-state index in [1.165, 1.54) is 62.2 Å². The number of amidine groups is 1. The second-order valence-electron chi connectivity index (χ2n) is 19.8. The summed E-state index contributed by atoms with van der Waals surface area (Å²) in [6, 6.07) is 10.8. The number of allylic oxidation sites excluding steroid dienone is 4. The molecule has 68 heavy (non-hydrogen) atoms. The third kappa shape index (κ3) is 10.7. The van der Waals surface area contributed by atoms with Crippen molar-refractivity contribution in [1.29, 1.82) is 0 Å². The number of aromatic nitrogens is 2. The molecule has 2 aromatic carbocycles. The first-order valence-corrected chi connectivity index (χ1v) is 24.4. The number of fused-ring (bicyclic) bond motifs is 1. The monoisotopic (exact) mass is 931 g/mol. The molecular formula is C53H70N8O7. The van der Waals surface area contributed by atoms with E-state index < -0.39 is 30.3 Å². The molecule has 1 spiro atoms. The maximum Gasteiger partial charge on any atom is 0.407 e. The molecule has 1 aromatic heterocycles. The van der Waals surface area contributed by atoms with Crippen LogP contribution in [-0.2, 0) is 36.7 Å². The number of nitrogens with one attached hydrogen (secondary N) is 4. The van der Waals surface area contributed by atoms with E-state index in [0.29, 0.717) is 30.9 Å². The van der Waals surface area contributed by atoms with Gasteiger partial charge in [0, 0.05) is 25.7 Å². The molecule has 15 nitrogen and oxygen atoms in total. The molecule has 5 amide bonds. The van der Waals surface area contributed by atoms with Crippen molar-refractivity contribution in [3.63, 3.8) is 0 Å². The fourth-order valence-electron chi connectivity index (χ4n) is 10.8. The van der Waals surface area contributed by atoms with Gasteiger partial charge in [-0.1, -0.05) is 89.9 Å². The van der Waals surface area contributed by atoms with Crippen molar-refractivity contribution in [1.82, 2.24) is 35.7 Å². The zero-order valence-corrected chi connectivity index (χ0v) is 41.3. The molecule has 7 rings (SSSR count). The van der Waals surface area contributed by atoms with Gasteiger partial charge in [0.05, 0.1) is 38.2 Å². The zero-order valence-electron chi connectivity index (χ0n) is 41.3. The number of hydrogen-bond acceptors (Lipinski definition) is 9. The Morgan fingerprint density at radius 2 is 1.47 bits per heavy atom. The molecule has 4 unspecified atom stereocenters. The second-order valence-corrected chi connectivity index (χ2v) is 19.8. The molecule has 4 N–H and O–H groups in total. The van der Waals surface area contributed by atoms with Crippen LogP contribution in [0, 0.1) is 17.3 Å². The highest BCUT2D eigenvalue weighted by molar-refractivity contribution is 6.03. The van der Waals surface area contributed by atoms with Crippen molar-refractivity contribution >= 4 is 41.3 Å². The van der Waals surface area contributed by atoms with Gasteiger partial charge in [0.15, 0.2) is 0 Å². The highest BCUT2D eigenvalue weighted by Gasteiger charge is 2.42. The number of aromatic amines is 1. The standard InChI is InChI=1S/C53H70N8O7/c1-10-42(60(7)49(63)45(31(2)3)58-51(65)67-8)48-55-33(6)15-16-34(21-24-44(62)57-48)37-22-23-38(40-29-53(28-39(37)40)25-11-12-26-53)35-17-19-36(20-18-35)41-30-54-47(56-41)43-14-13-27-61(43)50(64)46(32(4)5)59-52(66)68-9/h15-20,22-23,30-32,42-43,45-46H,10-14,21,24-29H2,1-9H3,(H,54,56)(H,58,65)(H,59,66)(H,55,57,62)/b33-15+,34-16+. The van der Waals surface area contributed by atoms with E-state index >= 15 is 0 Å². The van der Waals surface area contributed by atoms with Crippen LogP contribution in [0.5, 0.6) is 0 Å². The van der Waals surface area contributed by atoms with Gasteiger partial charge in [-0.3, -0.25) is 14.4 Å². The number of rotatable bonds is 13. The molecule has 0 bridgehead atoms. The molecule has 1 saturated heterocycles. The topological polar surface area (TPSA) is 187 Å². The molecule has 4 atom stereocenters. The van der Waals surface area contributed by atoms with Crippen LogP contribution >= 0.6 is 0 Å². The Kier molecular flexibility index (Phi) is 15.6. The number of likely N-dealkylation sites (tertiary alicyclic amines) is 1. The third-order valence-corrected chi connectivity index (χ3v) is 14.5. The SMILES string of the molecule is CCC(C1=N/C(C)=C/C=C(/c2ccc(-c3ccc(-c4cnc(C5CCCN5C(=O)C(NC(=O)OC)C(C)C)[nH]4)cc3)c3c2CC2(CCCC2)C3)CCC(=O)N1)N(C)C(=O)C(NC(=O)OC)C(C)C. The van der Waals surface area contributed by atoms with Gasteiger partial charge in [0.1, 0.15) is 23.7 Å². The van der Waals surface area contributed by atoms with E-state index in [1.54, 1.807) is 11.9 Å². The van der Waals surface area contributed by atoms with Gasteiger partial charge in [-0.15, -0.1) is 0 Å². The number of nitrogens with zero attached hydrogens (tertiary/aromatic N) is 4. The van der Waals surface area contributed by atoms with Crippen molar-refractivity contribution in [2.45, 2.75) is 136 Å². The number of imidazole rings is 1. The van der Waals surface area contributed by atoms with Crippen LogP contribution in [0.15, 0.2) is 65.4 Å². The molecule has 2 aliphatic carbocycles. The lowest BCUT2D eigenvalue weighted by Crippen LogP contribution is -2.56. The number of carbonyl (C=O) groups excluding carboxylic acids is 5. The normalized spacial score (nSPS) is 20.9. The van der Waals surface area contributed by atoms with Gasteiger partial charge in [-0.2, -0.15) is 0 Å². The van der Waals surface area contributed by atoms with E-state index in [4.69, 9.17) is 19.5 Å². The molecule has 2 fully saturated rings. The van der Waals surface area contributed by atoms with E-state index in [-0.39, 0.29) is 47.4 Å². The van der Waals surface area contributed by atoms with Crippen molar-refractivity contribution in [3.05, 3.63) is 83.0 Å². The number of ether oxygens (including phenoxy) is 2. The molecule has 364 valence electrons. The fraction of sp³-hybridized carbons (Fsp3) is 0.528. The fourth-order valence-corrected chi connectivity index (χ4v) is 10.8. The summed E-state index contributed by atoms with van der Waals surface area (Å²) in [6.07, 6.45) is 14.4. The summed E-state index contributed by atoms with van der Waals surface area (Å²) in [5.74, 6) is 0.188. The predicted molar refractivity (Wildman–Crippen MR) is 263 cm³/mol. The highest BCUT2D eigenvalue weighted by atomic mass is 16.5. The number of methoxy groups -OCH3 is 2. The van der Waals surface area contributed by atoms with Gasteiger partial charge in [0.25, 0.3) is 0 Å². The summed E-state index contributed by atoms with van der Waals surface area (Å²) in [7, 11) is 4.23. The Labute approximate surface area is 401 Å². The van der Waals surface area contributed by atoms with Gasteiger partial charge in [0.2, 0.25) is 17.7 Å². The van der Waals surface area contributed by atoms with Gasteiger partial charge < -0.3 is 40.2 Å². The number of aliphatic imine (C=N–C) groups is 1. The van der Waals surface area contributed by atoms with Crippen molar-refractivity contribution in [2.75, 3.05) is 27.8 Å². The number of benzene rings is 2. The summed E-state index contributed by atoms with van der Waals surface area (Å²) in [6.45, 7) is 12.0. The molecule has 0 radical (unpaired) electrons. The zero-order chi connectivity index (χ0) is 48.9. The lowest BCUT2D eigenvalue weighted by atomic mass is 9.82. The van der Waals surface area contributed by atoms with Gasteiger partial charge in [-0.25, -0.2) is 19.6 Å². The van der Waals surface area contributed by atoms with Crippen LogP contribution in [0.4, 0.5) is 9.59 Å². The number of hydrogen-bond donors (Lipinski definition) is 4. The first-order chi connectivity index (χ1) is 32.6. The summed E-state index contributed by atoms with van der Waals surface area (Å²) >= 11 is 0. The average Bonchev–Trinajstić information content (AvgIpc) is 4.17. The van der Waals surface area contributed by atoms with E-state index in [1.807, 2.05) is 58.7 Å².